The normalized spacial score (nSPS) is 14.3. The first kappa shape index (κ1) is 15.3. The van der Waals surface area contributed by atoms with E-state index in [0.29, 0.717) is 31.1 Å². The SMILES string of the molecule is Nc1nc(Cl)c(N)c(NCc2cccc(N3CCCC3=O)n2)n1. The number of pyridine rings is 1. The summed E-state index contributed by atoms with van der Waals surface area (Å²) in [6.07, 6.45) is 1.43. The van der Waals surface area contributed by atoms with E-state index in [2.05, 4.69) is 20.3 Å². The molecule has 0 unspecified atom stereocenters. The van der Waals surface area contributed by atoms with Gasteiger partial charge in [0.05, 0.1) is 12.2 Å². The van der Waals surface area contributed by atoms with Crippen molar-refractivity contribution in [1.29, 1.82) is 0 Å². The minimum atomic E-state index is 0.0380. The Hall–Kier alpha value is -2.61. The van der Waals surface area contributed by atoms with Crippen molar-refractivity contribution in [3.8, 4) is 0 Å². The van der Waals surface area contributed by atoms with Crippen molar-refractivity contribution in [3.63, 3.8) is 0 Å². The average Bonchev–Trinajstić information content (AvgIpc) is 2.96. The maximum Gasteiger partial charge on any atom is 0.228 e. The molecule has 0 spiro atoms. The third kappa shape index (κ3) is 3.26. The lowest BCUT2D eigenvalue weighted by Gasteiger charge is -2.15. The molecule has 1 aliphatic heterocycles. The van der Waals surface area contributed by atoms with Gasteiger partial charge in [-0.1, -0.05) is 17.7 Å². The minimum Gasteiger partial charge on any atom is -0.393 e. The van der Waals surface area contributed by atoms with Gasteiger partial charge in [0.1, 0.15) is 11.5 Å². The molecule has 0 atom stereocenters. The second-order valence-corrected chi connectivity index (χ2v) is 5.48. The van der Waals surface area contributed by atoms with Crippen molar-refractivity contribution >= 4 is 40.8 Å². The fraction of sp³-hybridized carbons (Fsp3) is 0.286. The fourth-order valence-corrected chi connectivity index (χ4v) is 2.55. The van der Waals surface area contributed by atoms with Crippen molar-refractivity contribution in [2.24, 2.45) is 0 Å². The molecule has 23 heavy (non-hydrogen) atoms. The second-order valence-electron chi connectivity index (χ2n) is 5.12. The van der Waals surface area contributed by atoms with Crippen LogP contribution >= 0.6 is 11.6 Å². The van der Waals surface area contributed by atoms with Gasteiger partial charge >= 0.3 is 0 Å². The first-order valence-electron chi connectivity index (χ1n) is 7.13. The summed E-state index contributed by atoms with van der Waals surface area (Å²) in [4.78, 5) is 25.8. The molecule has 120 valence electrons. The number of nitrogens with two attached hydrogens (primary N) is 2. The van der Waals surface area contributed by atoms with Gasteiger partial charge in [-0.05, 0) is 18.6 Å². The smallest absolute Gasteiger partial charge is 0.228 e. The Bertz CT molecular complexity index is 752. The van der Waals surface area contributed by atoms with Gasteiger partial charge in [-0.2, -0.15) is 9.97 Å². The maximum absolute atomic E-state index is 11.8. The van der Waals surface area contributed by atoms with Gasteiger partial charge in [-0.15, -0.1) is 0 Å². The fourth-order valence-electron chi connectivity index (χ4n) is 2.37. The molecule has 8 nitrogen and oxygen atoms in total. The van der Waals surface area contributed by atoms with E-state index in [1.807, 2.05) is 18.2 Å². The molecule has 0 radical (unpaired) electrons. The molecule has 1 saturated heterocycles. The van der Waals surface area contributed by atoms with Crippen molar-refractivity contribution in [3.05, 3.63) is 29.0 Å². The number of aromatic nitrogens is 3. The summed E-state index contributed by atoms with van der Waals surface area (Å²) in [6.45, 7) is 1.07. The summed E-state index contributed by atoms with van der Waals surface area (Å²) in [5.41, 5.74) is 12.3. The van der Waals surface area contributed by atoms with E-state index < -0.39 is 0 Å². The van der Waals surface area contributed by atoms with Crippen LogP contribution in [0.3, 0.4) is 0 Å². The number of amides is 1. The number of anilines is 4. The van der Waals surface area contributed by atoms with E-state index in [-0.39, 0.29) is 22.7 Å². The first-order chi connectivity index (χ1) is 11.0. The molecular weight excluding hydrogens is 318 g/mol. The quantitative estimate of drug-likeness (QED) is 0.723. The monoisotopic (exact) mass is 333 g/mol. The second kappa shape index (κ2) is 6.25. The van der Waals surface area contributed by atoms with Gasteiger partial charge in [-0.25, -0.2) is 4.98 Å². The molecular formula is C14H16ClN7O. The van der Waals surface area contributed by atoms with Crippen LogP contribution in [0.2, 0.25) is 5.15 Å². The molecule has 0 aromatic carbocycles. The zero-order chi connectivity index (χ0) is 16.4. The third-order valence-corrected chi connectivity index (χ3v) is 3.78. The molecule has 2 aromatic heterocycles. The Kier molecular flexibility index (Phi) is 4.16. The lowest BCUT2D eigenvalue weighted by Crippen LogP contribution is -2.25. The van der Waals surface area contributed by atoms with Crippen molar-refractivity contribution < 1.29 is 4.79 Å². The molecule has 5 N–H and O–H groups in total. The number of rotatable bonds is 4. The maximum atomic E-state index is 11.8. The van der Waals surface area contributed by atoms with E-state index in [0.717, 1.165) is 12.1 Å². The van der Waals surface area contributed by atoms with Crippen LogP contribution in [0.25, 0.3) is 0 Å². The number of nitrogen functional groups attached to an aromatic ring is 2. The minimum absolute atomic E-state index is 0.0380. The molecule has 2 aromatic rings. The largest absolute Gasteiger partial charge is 0.393 e. The highest BCUT2D eigenvalue weighted by Gasteiger charge is 2.22. The Morgan fingerprint density at radius 2 is 2.09 bits per heavy atom. The third-order valence-electron chi connectivity index (χ3n) is 3.50. The van der Waals surface area contributed by atoms with E-state index in [1.165, 1.54) is 0 Å². The molecule has 0 aliphatic carbocycles. The zero-order valence-electron chi connectivity index (χ0n) is 12.3. The highest BCUT2D eigenvalue weighted by molar-refractivity contribution is 6.32. The van der Waals surface area contributed by atoms with Gasteiger partial charge < -0.3 is 16.8 Å². The number of hydrogen-bond acceptors (Lipinski definition) is 7. The van der Waals surface area contributed by atoms with Crippen LogP contribution in [0.5, 0.6) is 0 Å². The van der Waals surface area contributed by atoms with E-state index in [9.17, 15) is 4.79 Å². The van der Waals surface area contributed by atoms with Crippen molar-refractivity contribution in [2.75, 3.05) is 28.2 Å². The lowest BCUT2D eigenvalue weighted by molar-refractivity contribution is -0.117. The molecule has 3 rings (SSSR count). The van der Waals surface area contributed by atoms with E-state index in [4.69, 9.17) is 23.1 Å². The van der Waals surface area contributed by atoms with Gasteiger partial charge in [-0.3, -0.25) is 9.69 Å². The average molecular weight is 334 g/mol. The van der Waals surface area contributed by atoms with Gasteiger partial charge in [0, 0.05) is 13.0 Å². The van der Waals surface area contributed by atoms with E-state index >= 15 is 0 Å². The molecule has 0 bridgehead atoms. The molecule has 1 aliphatic rings. The topological polar surface area (TPSA) is 123 Å². The Morgan fingerprint density at radius 3 is 2.83 bits per heavy atom. The Balaban J connectivity index is 1.75. The van der Waals surface area contributed by atoms with E-state index in [1.54, 1.807) is 4.90 Å². The summed E-state index contributed by atoms with van der Waals surface area (Å²) in [6, 6.07) is 5.52. The highest BCUT2D eigenvalue weighted by atomic mass is 35.5. The van der Waals surface area contributed by atoms with Crippen molar-refractivity contribution in [1.82, 2.24) is 15.0 Å². The predicted octanol–water partition coefficient (Wildman–Crippen LogP) is 1.43. The Morgan fingerprint density at radius 1 is 1.26 bits per heavy atom. The van der Waals surface area contributed by atoms with Gasteiger partial charge in [0.2, 0.25) is 11.9 Å². The summed E-state index contributed by atoms with van der Waals surface area (Å²) in [5.74, 6) is 1.14. The van der Waals surface area contributed by atoms with Crippen LogP contribution in [0.1, 0.15) is 18.5 Å². The number of halogens is 1. The van der Waals surface area contributed by atoms with Gasteiger partial charge in [0.25, 0.3) is 0 Å². The Labute approximate surface area is 137 Å². The first-order valence-corrected chi connectivity index (χ1v) is 7.51. The zero-order valence-corrected chi connectivity index (χ0v) is 13.0. The van der Waals surface area contributed by atoms with Crippen LogP contribution in [-0.4, -0.2) is 27.4 Å². The number of carbonyl (C=O) groups is 1. The number of nitrogens with one attached hydrogen (secondary N) is 1. The lowest BCUT2D eigenvalue weighted by atomic mass is 10.3. The molecule has 9 heteroatoms. The number of carbonyl (C=O) groups excluding carboxylic acids is 1. The van der Waals surface area contributed by atoms with Crippen LogP contribution in [0.15, 0.2) is 18.2 Å². The molecule has 3 heterocycles. The van der Waals surface area contributed by atoms with Crippen LogP contribution in [0, 0.1) is 0 Å². The summed E-state index contributed by atoms with van der Waals surface area (Å²) >= 11 is 5.87. The number of hydrogen-bond donors (Lipinski definition) is 3. The molecule has 1 amide bonds. The van der Waals surface area contributed by atoms with Crippen molar-refractivity contribution in [2.45, 2.75) is 19.4 Å². The van der Waals surface area contributed by atoms with Crippen LogP contribution in [0.4, 0.5) is 23.3 Å². The van der Waals surface area contributed by atoms with Crippen LogP contribution in [-0.2, 0) is 11.3 Å². The molecule has 1 fully saturated rings. The standard InChI is InChI=1S/C14H16ClN7O/c15-12-11(16)13(21-14(17)20-12)18-7-8-3-1-4-9(19-8)22-6-2-5-10(22)23/h1,3-4H,2,5-7,16H2,(H3,17,18,20,21). The summed E-state index contributed by atoms with van der Waals surface area (Å²) < 4.78 is 0. The predicted molar refractivity (Wildman–Crippen MR) is 89.0 cm³/mol. The highest BCUT2D eigenvalue weighted by Crippen LogP contribution is 2.25. The summed E-state index contributed by atoms with van der Waals surface area (Å²) in [7, 11) is 0. The van der Waals surface area contributed by atoms with Crippen LogP contribution < -0.4 is 21.7 Å². The number of nitrogens with zero attached hydrogens (tertiary/aromatic N) is 4. The summed E-state index contributed by atoms with van der Waals surface area (Å²) in [5, 5.41) is 3.13. The van der Waals surface area contributed by atoms with Gasteiger partial charge in [0.15, 0.2) is 11.0 Å². The molecule has 0 saturated carbocycles.